The van der Waals surface area contributed by atoms with Gasteiger partial charge < -0.3 is 21.3 Å². The van der Waals surface area contributed by atoms with Crippen LogP contribution in [0.25, 0.3) is 0 Å². The van der Waals surface area contributed by atoms with E-state index in [0.717, 1.165) is 12.0 Å². The molecule has 4 atom stereocenters. The van der Waals surface area contributed by atoms with Crippen molar-refractivity contribution < 1.29 is 14.4 Å². The molecule has 0 unspecified atom stereocenters. The van der Waals surface area contributed by atoms with Gasteiger partial charge in [-0.3, -0.25) is 14.4 Å². The minimum Gasteiger partial charge on any atom is -0.354 e. The Bertz CT molecular complexity index is 748. The summed E-state index contributed by atoms with van der Waals surface area (Å²) in [6, 6.07) is 8.04. The number of likely N-dealkylation sites (tertiary alicyclic amines) is 1. The summed E-state index contributed by atoms with van der Waals surface area (Å²) in [6.07, 6.45) is 1.37. The van der Waals surface area contributed by atoms with Crippen molar-refractivity contribution in [2.24, 2.45) is 23.5 Å². The van der Waals surface area contributed by atoms with Gasteiger partial charge in [0.25, 0.3) is 0 Å². The maximum Gasteiger partial charge on any atom is 0.246 e. The fourth-order valence-corrected chi connectivity index (χ4v) is 3.91. The highest BCUT2D eigenvalue weighted by atomic mass is 16.2. The van der Waals surface area contributed by atoms with Crippen molar-refractivity contribution >= 4 is 17.7 Å². The van der Waals surface area contributed by atoms with E-state index in [1.807, 2.05) is 44.2 Å². The van der Waals surface area contributed by atoms with Crippen LogP contribution in [0.5, 0.6) is 0 Å². The third kappa shape index (κ3) is 6.79. The maximum absolute atomic E-state index is 13.4. The highest BCUT2D eigenvalue weighted by Gasteiger charge is 2.43. The maximum atomic E-state index is 13.4. The number of amides is 3. The molecule has 1 aromatic carbocycles. The molecule has 31 heavy (non-hydrogen) atoms. The molecule has 1 aromatic rings. The Hall–Kier alpha value is -2.41. The number of nitrogens with two attached hydrogens (primary N) is 1. The van der Waals surface area contributed by atoms with Crippen LogP contribution in [-0.2, 0) is 20.8 Å². The van der Waals surface area contributed by atoms with Gasteiger partial charge in [0, 0.05) is 13.1 Å². The predicted molar refractivity (Wildman–Crippen MR) is 122 cm³/mol. The van der Waals surface area contributed by atoms with E-state index in [1.54, 1.807) is 11.8 Å². The lowest BCUT2D eigenvalue weighted by Gasteiger charge is -2.31. The van der Waals surface area contributed by atoms with E-state index in [-0.39, 0.29) is 29.6 Å². The normalized spacial score (nSPS) is 20.6. The summed E-state index contributed by atoms with van der Waals surface area (Å²) < 4.78 is 0. The molecule has 1 heterocycles. The summed E-state index contributed by atoms with van der Waals surface area (Å²) in [5.74, 6) is -0.228. The molecule has 0 bridgehead atoms. The summed E-state index contributed by atoms with van der Waals surface area (Å²) in [5.41, 5.74) is 6.83. The lowest BCUT2D eigenvalue weighted by atomic mass is 9.93. The van der Waals surface area contributed by atoms with Crippen LogP contribution >= 0.6 is 0 Å². The molecule has 7 nitrogen and oxygen atoms in total. The Kier molecular flexibility index (Phi) is 9.04. The quantitative estimate of drug-likeness (QED) is 0.555. The Balaban J connectivity index is 2.10. The standard InChI is InChI=1S/C24H38N4O3/c1-15(2)19-13-20(23(30)26-12-11-18-9-7-6-8-10-18)28(14-19)24(31)21(16(3)4)27-22(29)17(5)25/h6-10,15-17,19-21H,11-14,25H2,1-5H3,(H,26,30)(H,27,29)/t17-,19-,20-,21-/m0/s1. The second-order valence-electron chi connectivity index (χ2n) is 9.29. The fraction of sp³-hybridized carbons (Fsp3) is 0.625. The van der Waals surface area contributed by atoms with Gasteiger partial charge in [-0.15, -0.1) is 0 Å². The SMILES string of the molecule is CC(C)[C@H]1C[C@@H](C(=O)NCCc2ccccc2)N(C(=O)[C@@H](NC(=O)[C@H](C)N)C(C)C)C1. The predicted octanol–water partition coefficient (Wildman–Crippen LogP) is 1.71. The first-order chi connectivity index (χ1) is 14.6. The number of hydrogen-bond donors (Lipinski definition) is 3. The molecule has 0 aromatic heterocycles. The summed E-state index contributed by atoms with van der Waals surface area (Å²) in [5, 5.41) is 5.78. The first-order valence-corrected chi connectivity index (χ1v) is 11.3. The molecule has 7 heteroatoms. The van der Waals surface area contributed by atoms with Crippen LogP contribution in [0.3, 0.4) is 0 Å². The molecule has 4 N–H and O–H groups in total. The monoisotopic (exact) mass is 430 g/mol. The van der Waals surface area contributed by atoms with Crippen molar-refractivity contribution in [1.82, 2.24) is 15.5 Å². The van der Waals surface area contributed by atoms with Crippen LogP contribution in [0.1, 0.15) is 46.6 Å². The molecule has 1 aliphatic rings. The van der Waals surface area contributed by atoms with Gasteiger partial charge in [-0.25, -0.2) is 0 Å². The van der Waals surface area contributed by atoms with Crippen LogP contribution in [-0.4, -0.2) is 53.8 Å². The number of nitrogens with zero attached hydrogens (tertiary/aromatic N) is 1. The van der Waals surface area contributed by atoms with Crippen molar-refractivity contribution in [3.8, 4) is 0 Å². The van der Waals surface area contributed by atoms with Crippen molar-refractivity contribution in [3.05, 3.63) is 35.9 Å². The molecule has 1 saturated heterocycles. The number of benzene rings is 1. The summed E-state index contributed by atoms with van der Waals surface area (Å²) in [4.78, 5) is 40.3. The molecule has 2 rings (SSSR count). The zero-order chi connectivity index (χ0) is 23.1. The number of nitrogens with one attached hydrogen (secondary N) is 2. The number of hydrogen-bond acceptors (Lipinski definition) is 4. The second-order valence-corrected chi connectivity index (χ2v) is 9.29. The minimum absolute atomic E-state index is 0.116. The van der Waals surface area contributed by atoms with Crippen molar-refractivity contribution in [2.75, 3.05) is 13.1 Å². The molecule has 3 amide bonds. The van der Waals surface area contributed by atoms with Crippen LogP contribution in [0.4, 0.5) is 0 Å². The van der Waals surface area contributed by atoms with E-state index in [0.29, 0.717) is 25.4 Å². The van der Waals surface area contributed by atoms with Gasteiger partial charge >= 0.3 is 0 Å². The Morgan fingerprint density at radius 3 is 2.29 bits per heavy atom. The van der Waals surface area contributed by atoms with Gasteiger partial charge in [0.1, 0.15) is 12.1 Å². The van der Waals surface area contributed by atoms with E-state index in [4.69, 9.17) is 5.73 Å². The molecule has 172 valence electrons. The zero-order valence-electron chi connectivity index (χ0n) is 19.4. The Labute approximate surface area is 186 Å². The van der Waals surface area contributed by atoms with E-state index >= 15 is 0 Å². The smallest absolute Gasteiger partial charge is 0.246 e. The van der Waals surface area contributed by atoms with Gasteiger partial charge in [-0.05, 0) is 43.1 Å². The van der Waals surface area contributed by atoms with E-state index in [2.05, 4.69) is 24.5 Å². The molecule has 0 aliphatic carbocycles. The Morgan fingerprint density at radius 1 is 1.10 bits per heavy atom. The van der Waals surface area contributed by atoms with Crippen LogP contribution in [0.15, 0.2) is 30.3 Å². The van der Waals surface area contributed by atoms with Crippen molar-refractivity contribution in [3.63, 3.8) is 0 Å². The first kappa shape index (κ1) is 24.9. The molecule has 1 fully saturated rings. The minimum atomic E-state index is -0.705. The number of carbonyl (C=O) groups is 3. The van der Waals surface area contributed by atoms with Gasteiger partial charge in [0.05, 0.1) is 6.04 Å². The van der Waals surface area contributed by atoms with E-state index in [9.17, 15) is 14.4 Å². The third-order valence-electron chi connectivity index (χ3n) is 6.06. The lowest BCUT2D eigenvalue weighted by molar-refractivity contribution is -0.142. The van der Waals surface area contributed by atoms with Crippen molar-refractivity contribution in [1.29, 1.82) is 0 Å². The molecular formula is C24H38N4O3. The van der Waals surface area contributed by atoms with Crippen LogP contribution in [0, 0.1) is 17.8 Å². The summed E-state index contributed by atoms with van der Waals surface area (Å²) >= 11 is 0. The highest BCUT2D eigenvalue weighted by Crippen LogP contribution is 2.30. The van der Waals surface area contributed by atoms with Crippen molar-refractivity contribution in [2.45, 2.75) is 65.6 Å². The van der Waals surface area contributed by atoms with Gasteiger partial charge in [-0.1, -0.05) is 58.0 Å². The molecule has 1 aliphatic heterocycles. The average Bonchev–Trinajstić information content (AvgIpc) is 3.17. The van der Waals surface area contributed by atoms with E-state index in [1.165, 1.54) is 0 Å². The topological polar surface area (TPSA) is 105 Å². The average molecular weight is 431 g/mol. The van der Waals surface area contributed by atoms with Crippen LogP contribution < -0.4 is 16.4 Å². The fourth-order valence-electron chi connectivity index (χ4n) is 3.91. The van der Waals surface area contributed by atoms with Gasteiger partial charge in [0.2, 0.25) is 17.7 Å². The molecule has 0 saturated carbocycles. The van der Waals surface area contributed by atoms with E-state index < -0.39 is 18.1 Å². The highest BCUT2D eigenvalue weighted by molar-refractivity contribution is 5.93. The summed E-state index contributed by atoms with van der Waals surface area (Å²) in [6.45, 7) is 10.6. The first-order valence-electron chi connectivity index (χ1n) is 11.3. The lowest BCUT2D eigenvalue weighted by Crippen LogP contribution is -2.57. The van der Waals surface area contributed by atoms with Gasteiger partial charge in [0.15, 0.2) is 0 Å². The molecule has 0 radical (unpaired) electrons. The molecular weight excluding hydrogens is 392 g/mol. The Morgan fingerprint density at radius 2 is 1.74 bits per heavy atom. The number of carbonyl (C=O) groups excluding carboxylic acids is 3. The largest absolute Gasteiger partial charge is 0.354 e. The van der Waals surface area contributed by atoms with Crippen LogP contribution in [0.2, 0.25) is 0 Å². The molecule has 0 spiro atoms. The van der Waals surface area contributed by atoms with Gasteiger partial charge in [-0.2, -0.15) is 0 Å². The number of rotatable bonds is 9. The summed E-state index contributed by atoms with van der Waals surface area (Å²) in [7, 11) is 0. The third-order valence-corrected chi connectivity index (χ3v) is 6.06. The second kappa shape index (κ2) is 11.3. The zero-order valence-corrected chi connectivity index (χ0v) is 19.4.